The Kier molecular flexibility index (Phi) is 5.63. The van der Waals surface area contributed by atoms with Crippen molar-refractivity contribution in [2.24, 2.45) is 5.92 Å². The molecule has 0 heterocycles. The molecule has 112 valence electrons. The number of nitrogens with one attached hydrogen (secondary N) is 2. The van der Waals surface area contributed by atoms with Crippen molar-refractivity contribution in [1.29, 1.82) is 0 Å². The van der Waals surface area contributed by atoms with Crippen LogP contribution >= 0.6 is 0 Å². The summed E-state index contributed by atoms with van der Waals surface area (Å²) in [6, 6.07) is 4.14. The van der Waals surface area contributed by atoms with Crippen LogP contribution in [0, 0.1) is 5.92 Å². The molecular formula is C12H15F3N2O3. The number of hydrogen-bond donors (Lipinski definition) is 2. The highest BCUT2D eigenvalue weighted by Gasteiger charge is 2.30. The maximum Gasteiger partial charge on any atom is 0.573 e. The van der Waals surface area contributed by atoms with Gasteiger partial charge in [-0.15, -0.1) is 13.2 Å². The third-order valence-electron chi connectivity index (χ3n) is 1.93. The number of ether oxygens (including phenoxy) is 1. The molecule has 1 rings (SSSR count). The number of carbonyl (C=O) groups excluding carboxylic acids is 1. The smallest absolute Gasteiger partial charge is 0.406 e. The third-order valence-corrected chi connectivity index (χ3v) is 1.93. The number of alkyl halides is 3. The molecule has 0 atom stereocenters. The van der Waals surface area contributed by atoms with Gasteiger partial charge in [0.15, 0.2) is 0 Å². The summed E-state index contributed by atoms with van der Waals surface area (Å²) in [4.78, 5) is 16.2. The van der Waals surface area contributed by atoms with Gasteiger partial charge in [0.2, 0.25) is 0 Å². The Morgan fingerprint density at radius 3 is 2.35 bits per heavy atom. The quantitative estimate of drug-likeness (QED) is 0.819. The van der Waals surface area contributed by atoms with Gasteiger partial charge in [0.25, 0.3) is 0 Å². The number of benzene rings is 1. The van der Waals surface area contributed by atoms with Gasteiger partial charge in [0.05, 0.1) is 6.61 Å². The van der Waals surface area contributed by atoms with E-state index >= 15 is 0 Å². The van der Waals surface area contributed by atoms with Crippen LogP contribution in [0.15, 0.2) is 24.3 Å². The molecule has 1 aromatic rings. The average Bonchev–Trinajstić information content (AvgIpc) is 2.29. The topological polar surface area (TPSA) is 59.6 Å². The first-order valence-corrected chi connectivity index (χ1v) is 5.81. The van der Waals surface area contributed by atoms with Crippen LogP contribution < -0.4 is 15.5 Å². The molecule has 0 aliphatic rings. The molecule has 0 unspecified atom stereocenters. The van der Waals surface area contributed by atoms with E-state index in [0.717, 1.165) is 12.1 Å². The summed E-state index contributed by atoms with van der Waals surface area (Å²) in [6.45, 7) is 4.18. The van der Waals surface area contributed by atoms with E-state index in [9.17, 15) is 18.0 Å². The number of carbonyl (C=O) groups is 1. The zero-order chi connectivity index (χ0) is 15.2. The van der Waals surface area contributed by atoms with E-state index < -0.39 is 12.4 Å². The zero-order valence-corrected chi connectivity index (χ0v) is 11.0. The second-order valence-electron chi connectivity index (χ2n) is 4.33. The monoisotopic (exact) mass is 292 g/mol. The molecule has 0 aromatic heterocycles. The summed E-state index contributed by atoms with van der Waals surface area (Å²) in [5.41, 5.74) is 2.46. The van der Waals surface area contributed by atoms with Crippen molar-refractivity contribution in [3.8, 4) is 5.75 Å². The van der Waals surface area contributed by atoms with Crippen molar-refractivity contribution in [2.75, 3.05) is 11.9 Å². The molecule has 2 N–H and O–H groups in total. The van der Waals surface area contributed by atoms with E-state index in [0.29, 0.717) is 12.3 Å². The van der Waals surface area contributed by atoms with E-state index in [2.05, 4.69) is 15.5 Å². The van der Waals surface area contributed by atoms with Gasteiger partial charge in [-0.25, -0.2) is 10.3 Å². The van der Waals surface area contributed by atoms with Crippen LogP contribution in [-0.2, 0) is 4.84 Å². The Hall–Kier alpha value is -1.96. The van der Waals surface area contributed by atoms with Gasteiger partial charge in [-0.3, -0.25) is 4.84 Å². The molecule has 5 nitrogen and oxygen atoms in total. The highest BCUT2D eigenvalue weighted by Crippen LogP contribution is 2.23. The predicted octanol–water partition coefficient (Wildman–Crippen LogP) is 3.29. The molecule has 0 saturated carbocycles. The highest BCUT2D eigenvalue weighted by molar-refractivity contribution is 5.88. The van der Waals surface area contributed by atoms with Gasteiger partial charge in [0.1, 0.15) is 5.75 Å². The number of anilines is 1. The Bertz CT molecular complexity index is 433. The number of urea groups is 1. The fourth-order valence-corrected chi connectivity index (χ4v) is 1.17. The first kappa shape index (κ1) is 16.1. The van der Waals surface area contributed by atoms with E-state index in [4.69, 9.17) is 4.84 Å². The van der Waals surface area contributed by atoms with Crippen LogP contribution in [0.4, 0.5) is 23.7 Å². The van der Waals surface area contributed by atoms with Crippen molar-refractivity contribution in [2.45, 2.75) is 20.2 Å². The molecule has 20 heavy (non-hydrogen) atoms. The van der Waals surface area contributed by atoms with Crippen LogP contribution in [0.1, 0.15) is 13.8 Å². The normalized spacial score (nSPS) is 11.3. The van der Waals surface area contributed by atoms with Crippen LogP contribution in [0.3, 0.4) is 0 Å². The number of hydroxylamine groups is 1. The predicted molar refractivity (Wildman–Crippen MR) is 66.1 cm³/mol. The van der Waals surface area contributed by atoms with Gasteiger partial charge >= 0.3 is 12.4 Å². The van der Waals surface area contributed by atoms with E-state index in [1.54, 1.807) is 0 Å². The minimum absolute atomic E-state index is 0.258. The summed E-state index contributed by atoms with van der Waals surface area (Å²) in [7, 11) is 0. The summed E-state index contributed by atoms with van der Waals surface area (Å²) >= 11 is 0. The molecule has 8 heteroatoms. The Labute approximate surface area is 114 Å². The van der Waals surface area contributed by atoms with Crippen LogP contribution in [0.2, 0.25) is 0 Å². The number of rotatable bonds is 5. The first-order valence-electron chi connectivity index (χ1n) is 5.81. The number of halogens is 3. The van der Waals surface area contributed by atoms with Gasteiger partial charge in [-0.1, -0.05) is 13.8 Å². The van der Waals surface area contributed by atoms with Gasteiger partial charge < -0.3 is 10.1 Å². The second-order valence-corrected chi connectivity index (χ2v) is 4.33. The summed E-state index contributed by atoms with van der Waals surface area (Å²) in [6.07, 6.45) is -4.74. The van der Waals surface area contributed by atoms with Crippen LogP contribution in [-0.4, -0.2) is 19.0 Å². The fraction of sp³-hybridized carbons (Fsp3) is 0.417. The molecule has 0 fully saturated rings. The van der Waals surface area contributed by atoms with E-state index in [-0.39, 0.29) is 11.7 Å². The molecule has 0 aliphatic heterocycles. The second kappa shape index (κ2) is 6.99. The van der Waals surface area contributed by atoms with Gasteiger partial charge in [-0.05, 0) is 30.2 Å². The molecule has 2 amide bonds. The molecule has 0 bridgehead atoms. The summed E-state index contributed by atoms with van der Waals surface area (Å²) < 4.78 is 39.5. The SMILES string of the molecule is CC(C)CONC(=O)Nc1ccc(OC(F)(F)F)cc1. The van der Waals surface area contributed by atoms with Gasteiger partial charge in [0, 0.05) is 5.69 Å². The van der Waals surface area contributed by atoms with Crippen LogP contribution in [0.25, 0.3) is 0 Å². The number of hydrogen-bond acceptors (Lipinski definition) is 3. The third kappa shape index (κ3) is 6.83. The van der Waals surface area contributed by atoms with Crippen molar-refractivity contribution in [1.82, 2.24) is 5.48 Å². The number of amides is 2. The first-order chi connectivity index (χ1) is 9.26. The minimum atomic E-state index is -4.74. The Morgan fingerprint density at radius 2 is 1.85 bits per heavy atom. The molecule has 0 saturated heterocycles. The maximum absolute atomic E-state index is 11.9. The molecule has 0 radical (unpaired) electrons. The van der Waals surface area contributed by atoms with Crippen LogP contribution in [0.5, 0.6) is 5.75 Å². The van der Waals surface area contributed by atoms with Crippen molar-refractivity contribution >= 4 is 11.7 Å². The van der Waals surface area contributed by atoms with E-state index in [1.165, 1.54) is 12.1 Å². The van der Waals surface area contributed by atoms with Crippen molar-refractivity contribution < 1.29 is 27.5 Å². The Morgan fingerprint density at radius 1 is 1.25 bits per heavy atom. The average molecular weight is 292 g/mol. The van der Waals surface area contributed by atoms with Gasteiger partial charge in [-0.2, -0.15) is 0 Å². The largest absolute Gasteiger partial charge is 0.573 e. The lowest BCUT2D eigenvalue weighted by molar-refractivity contribution is -0.274. The molecule has 0 spiro atoms. The maximum atomic E-state index is 11.9. The highest BCUT2D eigenvalue weighted by atomic mass is 19.4. The summed E-state index contributed by atoms with van der Waals surface area (Å²) in [5, 5.41) is 2.39. The minimum Gasteiger partial charge on any atom is -0.406 e. The lowest BCUT2D eigenvalue weighted by Crippen LogP contribution is -2.30. The summed E-state index contributed by atoms with van der Waals surface area (Å²) in [5.74, 6) is -0.103. The van der Waals surface area contributed by atoms with E-state index in [1.807, 2.05) is 13.8 Å². The van der Waals surface area contributed by atoms with Crippen molar-refractivity contribution in [3.63, 3.8) is 0 Å². The Balaban J connectivity index is 2.43. The molecular weight excluding hydrogens is 277 g/mol. The molecule has 1 aromatic carbocycles. The fourth-order valence-electron chi connectivity index (χ4n) is 1.17. The lowest BCUT2D eigenvalue weighted by Gasteiger charge is -2.11. The van der Waals surface area contributed by atoms with Crippen molar-refractivity contribution in [3.05, 3.63) is 24.3 Å². The molecule has 0 aliphatic carbocycles. The lowest BCUT2D eigenvalue weighted by atomic mass is 10.2. The standard InChI is InChI=1S/C12H15F3N2O3/c1-8(2)7-19-17-11(18)16-9-3-5-10(6-4-9)20-12(13,14)15/h3-6,8H,7H2,1-2H3,(H2,16,17,18). The zero-order valence-electron chi connectivity index (χ0n) is 11.0.